The number of carbonyl (C=O) groups is 3. The lowest BCUT2D eigenvalue weighted by Crippen LogP contribution is -2.42. The molecule has 162 valence electrons. The zero-order valence-electron chi connectivity index (χ0n) is 16.9. The fourth-order valence-corrected chi connectivity index (χ4v) is 2.11. The first-order valence-corrected chi connectivity index (χ1v) is 9.30. The number of amides is 1. The second kappa shape index (κ2) is 11.4. The van der Waals surface area contributed by atoms with E-state index in [0.29, 0.717) is 5.02 Å². The first-order valence-electron chi connectivity index (χ1n) is 8.93. The van der Waals surface area contributed by atoms with Crippen LogP contribution in [0.15, 0.2) is 18.2 Å². The molecule has 0 spiro atoms. The molecule has 1 aromatic rings. The Kier molecular flexibility index (Phi) is 9.54. The highest BCUT2D eigenvalue weighted by molar-refractivity contribution is 6.30. The van der Waals surface area contributed by atoms with Crippen molar-refractivity contribution in [2.45, 2.75) is 40.1 Å². The van der Waals surface area contributed by atoms with E-state index < -0.39 is 37.0 Å². The SMILES string of the molecule is COc1ccc(Cl)cc1O[C@@H](CNC(=O)O[C@@H](OC(=O)C(C)C)C(C)C)C(=O)O. The molecule has 0 heterocycles. The summed E-state index contributed by atoms with van der Waals surface area (Å²) in [5.41, 5.74) is 0. The maximum atomic E-state index is 12.0. The molecular weight excluding hydrogens is 406 g/mol. The summed E-state index contributed by atoms with van der Waals surface area (Å²) in [6.45, 7) is 6.31. The van der Waals surface area contributed by atoms with Gasteiger partial charge in [-0.05, 0) is 12.1 Å². The highest BCUT2D eigenvalue weighted by atomic mass is 35.5. The number of alkyl carbamates (subject to hydrolysis) is 1. The molecule has 0 aliphatic carbocycles. The van der Waals surface area contributed by atoms with Gasteiger partial charge in [-0.1, -0.05) is 39.3 Å². The fraction of sp³-hybridized carbons (Fsp3) is 0.526. The number of carboxylic acids is 1. The van der Waals surface area contributed by atoms with Crippen molar-refractivity contribution >= 4 is 29.6 Å². The van der Waals surface area contributed by atoms with E-state index in [4.69, 9.17) is 30.5 Å². The van der Waals surface area contributed by atoms with E-state index in [-0.39, 0.29) is 23.3 Å². The van der Waals surface area contributed by atoms with Crippen LogP contribution in [0.5, 0.6) is 11.5 Å². The lowest BCUT2D eigenvalue weighted by Gasteiger charge is -2.23. The summed E-state index contributed by atoms with van der Waals surface area (Å²) in [5.74, 6) is -2.14. The average Bonchev–Trinajstić information content (AvgIpc) is 2.64. The van der Waals surface area contributed by atoms with Gasteiger partial charge in [0.2, 0.25) is 6.10 Å². The van der Waals surface area contributed by atoms with Crippen molar-refractivity contribution in [2.75, 3.05) is 13.7 Å². The molecule has 29 heavy (non-hydrogen) atoms. The number of rotatable bonds is 10. The van der Waals surface area contributed by atoms with E-state index in [2.05, 4.69) is 5.32 Å². The van der Waals surface area contributed by atoms with Crippen molar-refractivity contribution in [2.24, 2.45) is 11.8 Å². The zero-order chi connectivity index (χ0) is 22.1. The number of nitrogens with one attached hydrogen (secondary N) is 1. The second-order valence-electron chi connectivity index (χ2n) is 6.73. The minimum absolute atomic E-state index is 0.105. The average molecular weight is 432 g/mol. The Morgan fingerprint density at radius 2 is 1.76 bits per heavy atom. The minimum Gasteiger partial charge on any atom is -0.493 e. The smallest absolute Gasteiger partial charge is 0.410 e. The fourth-order valence-electron chi connectivity index (χ4n) is 1.95. The number of benzene rings is 1. The van der Waals surface area contributed by atoms with Crippen molar-refractivity contribution in [1.82, 2.24) is 5.32 Å². The van der Waals surface area contributed by atoms with Gasteiger partial charge in [-0.15, -0.1) is 0 Å². The van der Waals surface area contributed by atoms with Crippen LogP contribution in [0.25, 0.3) is 0 Å². The third kappa shape index (κ3) is 8.06. The van der Waals surface area contributed by atoms with Gasteiger partial charge in [0.15, 0.2) is 11.5 Å². The molecule has 0 aliphatic heterocycles. The molecule has 0 saturated carbocycles. The summed E-state index contributed by atoms with van der Waals surface area (Å²) in [6.07, 6.45) is -3.50. The summed E-state index contributed by atoms with van der Waals surface area (Å²) in [6, 6.07) is 4.48. The number of halogens is 1. The third-order valence-electron chi connectivity index (χ3n) is 3.57. The Hall–Kier alpha value is -2.68. The van der Waals surface area contributed by atoms with Crippen molar-refractivity contribution < 1.29 is 38.4 Å². The first-order chi connectivity index (χ1) is 13.5. The van der Waals surface area contributed by atoms with Gasteiger partial charge >= 0.3 is 18.0 Å². The number of esters is 1. The van der Waals surface area contributed by atoms with Crippen LogP contribution in [0, 0.1) is 11.8 Å². The molecule has 10 heteroatoms. The quantitative estimate of drug-likeness (QED) is 0.428. The molecule has 2 atom stereocenters. The molecule has 0 aromatic heterocycles. The van der Waals surface area contributed by atoms with Crippen molar-refractivity contribution in [3.05, 3.63) is 23.2 Å². The van der Waals surface area contributed by atoms with Gasteiger partial charge in [0.25, 0.3) is 6.29 Å². The van der Waals surface area contributed by atoms with Gasteiger partial charge in [-0.2, -0.15) is 0 Å². The number of ether oxygens (including phenoxy) is 4. The van der Waals surface area contributed by atoms with E-state index >= 15 is 0 Å². The lowest BCUT2D eigenvalue weighted by molar-refractivity contribution is -0.178. The van der Waals surface area contributed by atoms with Gasteiger partial charge in [0.05, 0.1) is 19.6 Å². The van der Waals surface area contributed by atoms with Gasteiger partial charge in [-0.3, -0.25) is 4.79 Å². The summed E-state index contributed by atoms with van der Waals surface area (Å²) in [5, 5.41) is 12.0. The number of hydrogen-bond donors (Lipinski definition) is 2. The maximum absolute atomic E-state index is 12.0. The molecule has 1 amide bonds. The van der Waals surface area contributed by atoms with Gasteiger partial charge in [0.1, 0.15) is 0 Å². The highest BCUT2D eigenvalue weighted by Crippen LogP contribution is 2.30. The predicted octanol–water partition coefficient (Wildman–Crippen LogP) is 3.09. The molecule has 0 saturated heterocycles. The van der Waals surface area contributed by atoms with E-state index in [1.165, 1.54) is 19.2 Å². The standard InChI is InChI=1S/C19H26ClNO8/c1-10(2)17(24)28-18(11(3)4)29-19(25)21-9-15(16(22)23)27-14-8-12(20)6-7-13(14)26-5/h6-8,10-11,15,18H,9H2,1-5H3,(H,21,25)(H,22,23)/t15-,18+/m0/s1. The maximum Gasteiger partial charge on any atom is 0.410 e. The first kappa shape index (κ1) is 24.4. The van der Waals surface area contributed by atoms with Gasteiger partial charge in [-0.25, -0.2) is 9.59 Å². The van der Waals surface area contributed by atoms with Gasteiger partial charge in [0, 0.05) is 17.0 Å². The number of methoxy groups -OCH3 is 1. The topological polar surface area (TPSA) is 120 Å². The Morgan fingerprint density at radius 3 is 2.28 bits per heavy atom. The van der Waals surface area contributed by atoms with Gasteiger partial charge < -0.3 is 29.4 Å². The van der Waals surface area contributed by atoms with E-state index in [0.717, 1.165) is 0 Å². The van der Waals surface area contributed by atoms with Crippen molar-refractivity contribution in [3.8, 4) is 11.5 Å². The Labute approximate surface area is 174 Å². The van der Waals surface area contributed by atoms with Crippen LogP contribution in [0.3, 0.4) is 0 Å². The monoisotopic (exact) mass is 431 g/mol. The van der Waals surface area contributed by atoms with E-state index in [1.807, 2.05) is 0 Å². The van der Waals surface area contributed by atoms with Crippen LogP contribution in [0.2, 0.25) is 5.02 Å². The lowest BCUT2D eigenvalue weighted by atomic mass is 10.2. The molecule has 0 unspecified atom stereocenters. The molecule has 1 aromatic carbocycles. The zero-order valence-corrected chi connectivity index (χ0v) is 17.7. The number of aliphatic carboxylic acids is 1. The molecule has 0 bridgehead atoms. The number of hydrogen-bond acceptors (Lipinski definition) is 7. The second-order valence-corrected chi connectivity index (χ2v) is 7.17. The summed E-state index contributed by atoms with van der Waals surface area (Å²) >= 11 is 5.90. The normalized spacial score (nSPS) is 12.8. The largest absolute Gasteiger partial charge is 0.493 e. The summed E-state index contributed by atoms with van der Waals surface area (Å²) in [7, 11) is 1.39. The molecule has 0 fully saturated rings. The van der Waals surface area contributed by atoms with Crippen LogP contribution in [0.4, 0.5) is 4.79 Å². The molecule has 0 radical (unpaired) electrons. The van der Waals surface area contributed by atoms with Crippen LogP contribution in [0.1, 0.15) is 27.7 Å². The minimum atomic E-state index is -1.44. The number of carboxylic acid groups (broad SMARTS) is 1. The van der Waals surface area contributed by atoms with Crippen LogP contribution < -0.4 is 14.8 Å². The molecule has 2 N–H and O–H groups in total. The van der Waals surface area contributed by atoms with Crippen LogP contribution in [-0.2, 0) is 19.1 Å². The Bertz CT molecular complexity index is 722. The Balaban J connectivity index is 2.73. The van der Waals surface area contributed by atoms with Crippen molar-refractivity contribution in [3.63, 3.8) is 0 Å². The molecular formula is C19H26ClNO8. The molecule has 9 nitrogen and oxygen atoms in total. The molecule has 1 rings (SSSR count). The summed E-state index contributed by atoms with van der Waals surface area (Å²) < 4.78 is 20.7. The van der Waals surface area contributed by atoms with Crippen molar-refractivity contribution in [1.29, 1.82) is 0 Å². The third-order valence-corrected chi connectivity index (χ3v) is 3.81. The molecule has 0 aliphatic rings. The van der Waals surface area contributed by atoms with Crippen LogP contribution in [-0.4, -0.2) is 49.2 Å². The summed E-state index contributed by atoms with van der Waals surface area (Å²) in [4.78, 5) is 35.3. The van der Waals surface area contributed by atoms with E-state index in [9.17, 15) is 19.5 Å². The van der Waals surface area contributed by atoms with E-state index in [1.54, 1.807) is 33.8 Å². The predicted molar refractivity (Wildman–Crippen MR) is 104 cm³/mol. The number of carbonyl (C=O) groups excluding carboxylic acids is 2. The highest BCUT2D eigenvalue weighted by Gasteiger charge is 2.26. The Morgan fingerprint density at radius 1 is 1.10 bits per heavy atom. The van der Waals surface area contributed by atoms with Crippen LogP contribution >= 0.6 is 11.6 Å².